The lowest BCUT2D eigenvalue weighted by Gasteiger charge is -2.09. The first-order chi connectivity index (χ1) is 6.29. The Kier molecular flexibility index (Phi) is 2.05. The number of allylic oxidation sites excluding steroid dienone is 4. The molecule has 0 spiro atoms. The van der Waals surface area contributed by atoms with Gasteiger partial charge in [0.25, 0.3) is 0 Å². The molecule has 0 atom stereocenters. The fourth-order valence-corrected chi connectivity index (χ4v) is 1.95. The summed E-state index contributed by atoms with van der Waals surface area (Å²) in [7, 11) is 0. The fourth-order valence-electron chi connectivity index (χ4n) is 1.95. The molecule has 1 aliphatic carbocycles. The van der Waals surface area contributed by atoms with Crippen molar-refractivity contribution in [2.24, 2.45) is 0 Å². The van der Waals surface area contributed by atoms with Crippen molar-refractivity contribution in [3.8, 4) is 0 Å². The third-order valence-corrected chi connectivity index (χ3v) is 2.57. The molecule has 0 nitrogen and oxygen atoms in total. The third-order valence-electron chi connectivity index (χ3n) is 2.57. The molecule has 0 aliphatic heterocycles. The molecule has 0 amide bonds. The van der Waals surface area contributed by atoms with Crippen LogP contribution in [0, 0.1) is 6.92 Å². The highest BCUT2D eigenvalue weighted by Gasteiger charge is 2.07. The molecule has 1 aromatic rings. The van der Waals surface area contributed by atoms with Gasteiger partial charge < -0.3 is 0 Å². The van der Waals surface area contributed by atoms with Gasteiger partial charge in [-0.05, 0) is 42.5 Å². The minimum atomic E-state index is 1.06. The van der Waals surface area contributed by atoms with Crippen molar-refractivity contribution in [3.63, 3.8) is 0 Å². The maximum atomic E-state index is 2.22. The van der Waals surface area contributed by atoms with Gasteiger partial charge in [-0.25, -0.2) is 0 Å². The van der Waals surface area contributed by atoms with Crippen molar-refractivity contribution in [3.05, 3.63) is 53.1 Å². The van der Waals surface area contributed by atoms with Crippen molar-refractivity contribution in [2.45, 2.75) is 20.3 Å². The van der Waals surface area contributed by atoms with Crippen LogP contribution < -0.4 is 0 Å². The molecule has 0 saturated carbocycles. The highest BCUT2D eigenvalue weighted by molar-refractivity contribution is 5.71. The van der Waals surface area contributed by atoms with Crippen molar-refractivity contribution < 1.29 is 0 Å². The van der Waals surface area contributed by atoms with Crippen LogP contribution in [0.2, 0.25) is 0 Å². The number of fused-ring (bicyclic) bond motifs is 1. The molecule has 0 unspecified atom stereocenters. The second kappa shape index (κ2) is 3.21. The Morgan fingerprint density at radius 3 is 2.85 bits per heavy atom. The van der Waals surface area contributed by atoms with Gasteiger partial charge >= 0.3 is 0 Å². The Hall–Kier alpha value is -1.30. The van der Waals surface area contributed by atoms with Gasteiger partial charge in [0.2, 0.25) is 0 Å². The molecule has 0 saturated heterocycles. The van der Waals surface area contributed by atoms with Crippen molar-refractivity contribution in [1.82, 2.24) is 0 Å². The summed E-state index contributed by atoms with van der Waals surface area (Å²) in [6.45, 7) is 4.36. The number of hydrogen-bond donors (Lipinski definition) is 0. The quantitative estimate of drug-likeness (QED) is 0.559. The lowest BCUT2D eigenvalue weighted by Crippen LogP contribution is -1.92. The van der Waals surface area contributed by atoms with E-state index >= 15 is 0 Å². The lowest BCUT2D eigenvalue weighted by molar-refractivity contribution is 1.23. The Balaban J connectivity index is 2.66. The van der Waals surface area contributed by atoms with Crippen molar-refractivity contribution >= 4 is 5.57 Å². The van der Waals surface area contributed by atoms with E-state index in [9.17, 15) is 0 Å². The van der Waals surface area contributed by atoms with E-state index in [-0.39, 0.29) is 0 Å². The average Bonchev–Trinajstić information content (AvgIpc) is 2.29. The van der Waals surface area contributed by atoms with Gasteiger partial charge in [0.15, 0.2) is 0 Å². The minimum Gasteiger partial charge on any atom is -0.0801 e. The fraction of sp³-hybridized carbons (Fsp3) is 0.231. The van der Waals surface area contributed by atoms with Crippen LogP contribution in [0.4, 0.5) is 0 Å². The zero-order valence-corrected chi connectivity index (χ0v) is 8.17. The summed E-state index contributed by atoms with van der Waals surface area (Å²) in [5, 5.41) is 0. The third kappa shape index (κ3) is 1.44. The normalized spacial score (nSPS) is 14.8. The van der Waals surface area contributed by atoms with Crippen LogP contribution >= 0.6 is 0 Å². The molecule has 13 heavy (non-hydrogen) atoms. The predicted octanol–water partition coefficient (Wildman–Crippen LogP) is 3.51. The van der Waals surface area contributed by atoms with Gasteiger partial charge in [-0.3, -0.25) is 0 Å². The van der Waals surface area contributed by atoms with Gasteiger partial charge in [0.05, 0.1) is 0 Å². The van der Waals surface area contributed by atoms with E-state index in [0.29, 0.717) is 0 Å². The van der Waals surface area contributed by atoms with Crippen LogP contribution in [0.5, 0.6) is 0 Å². The molecule has 0 radical (unpaired) electrons. The van der Waals surface area contributed by atoms with Gasteiger partial charge in [0, 0.05) is 0 Å². The first-order valence-corrected chi connectivity index (χ1v) is 4.71. The van der Waals surface area contributed by atoms with E-state index in [1.807, 2.05) is 0 Å². The van der Waals surface area contributed by atoms with E-state index in [4.69, 9.17) is 0 Å². The number of rotatable bonds is 0. The molecule has 2 rings (SSSR count). The molecular weight excluding hydrogens is 156 g/mol. The van der Waals surface area contributed by atoms with Gasteiger partial charge in [-0.2, -0.15) is 0 Å². The van der Waals surface area contributed by atoms with Crippen LogP contribution in [0.3, 0.4) is 0 Å². The first kappa shape index (κ1) is 8.31. The maximum absolute atomic E-state index is 2.22. The predicted molar refractivity (Wildman–Crippen MR) is 57.7 cm³/mol. The summed E-state index contributed by atoms with van der Waals surface area (Å²) in [4.78, 5) is 0. The molecule has 0 aromatic heterocycles. The highest BCUT2D eigenvalue weighted by Crippen LogP contribution is 2.25. The van der Waals surface area contributed by atoms with Crippen LogP contribution in [0.25, 0.3) is 5.57 Å². The maximum Gasteiger partial charge on any atom is -0.00882 e. The van der Waals surface area contributed by atoms with Crippen molar-refractivity contribution in [2.75, 3.05) is 0 Å². The summed E-state index contributed by atoms with van der Waals surface area (Å²) >= 11 is 0. The summed E-state index contributed by atoms with van der Waals surface area (Å²) in [6, 6.07) is 6.54. The smallest absolute Gasteiger partial charge is 0.00882 e. The Morgan fingerprint density at radius 2 is 2.00 bits per heavy atom. The monoisotopic (exact) mass is 170 g/mol. The van der Waals surface area contributed by atoms with E-state index < -0.39 is 0 Å². The summed E-state index contributed by atoms with van der Waals surface area (Å²) < 4.78 is 0. The van der Waals surface area contributed by atoms with Crippen molar-refractivity contribution in [1.29, 1.82) is 0 Å². The lowest BCUT2D eigenvalue weighted by atomic mass is 9.95. The number of hydrogen-bond acceptors (Lipinski definition) is 0. The molecule has 0 bridgehead atoms. The minimum absolute atomic E-state index is 1.06. The Bertz CT molecular complexity index is 381. The largest absolute Gasteiger partial charge is 0.0801 e. The molecule has 1 aliphatic rings. The van der Waals surface area contributed by atoms with E-state index in [0.717, 1.165) is 6.42 Å². The van der Waals surface area contributed by atoms with Gasteiger partial charge in [-0.1, -0.05) is 36.4 Å². The second-order valence-electron chi connectivity index (χ2n) is 3.59. The van der Waals surface area contributed by atoms with Gasteiger partial charge in [0.1, 0.15) is 0 Å². The topological polar surface area (TPSA) is 0 Å². The van der Waals surface area contributed by atoms with Crippen LogP contribution in [-0.4, -0.2) is 0 Å². The van der Waals surface area contributed by atoms with E-state index in [1.54, 1.807) is 0 Å². The molecular formula is C13H14. The summed E-state index contributed by atoms with van der Waals surface area (Å²) in [6.07, 6.45) is 7.62. The van der Waals surface area contributed by atoms with E-state index in [1.165, 1.54) is 22.3 Å². The van der Waals surface area contributed by atoms with Gasteiger partial charge in [-0.15, -0.1) is 0 Å². The number of aryl methyl sites for hydroxylation is 1. The highest BCUT2D eigenvalue weighted by atomic mass is 14.1. The molecule has 66 valence electrons. The molecule has 1 aromatic carbocycles. The molecule has 0 heteroatoms. The van der Waals surface area contributed by atoms with E-state index in [2.05, 4.69) is 50.3 Å². The summed E-state index contributed by atoms with van der Waals surface area (Å²) in [5.74, 6) is 0. The molecule has 0 fully saturated rings. The van der Waals surface area contributed by atoms with Crippen LogP contribution in [0.1, 0.15) is 23.6 Å². The SMILES string of the molecule is CC1=CC=CCc2cccc(C)c21. The second-order valence-corrected chi connectivity index (χ2v) is 3.59. The Morgan fingerprint density at radius 1 is 1.15 bits per heavy atom. The molecule has 0 heterocycles. The van der Waals surface area contributed by atoms with Crippen LogP contribution in [0.15, 0.2) is 36.4 Å². The standard InChI is InChI=1S/C13H14/c1-10-6-3-4-8-12-9-5-7-11(2)13(10)12/h3-7,9H,8H2,1-2H3. The van der Waals surface area contributed by atoms with Crippen LogP contribution in [-0.2, 0) is 6.42 Å². The molecule has 0 N–H and O–H groups in total. The first-order valence-electron chi connectivity index (χ1n) is 4.71. The number of benzene rings is 1. The zero-order valence-electron chi connectivity index (χ0n) is 8.17. The zero-order chi connectivity index (χ0) is 9.26. The summed E-state index contributed by atoms with van der Waals surface area (Å²) in [5.41, 5.74) is 5.65. The Labute approximate surface area is 79.6 Å². The average molecular weight is 170 g/mol.